The van der Waals surface area contributed by atoms with Gasteiger partial charge in [0, 0.05) is 19.3 Å². The third-order valence-corrected chi connectivity index (χ3v) is 11.6. The Balaban J connectivity index is 4.49. The van der Waals surface area contributed by atoms with Gasteiger partial charge in [0.25, 0.3) is 0 Å². The molecular formula is C61H102O6. The topological polar surface area (TPSA) is 78.9 Å². The van der Waals surface area contributed by atoms with Crippen molar-refractivity contribution in [2.45, 2.75) is 258 Å². The van der Waals surface area contributed by atoms with Crippen LogP contribution in [0.25, 0.3) is 0 Å². The van der Waals surface area contributed by atoms with Crippen LogP contribution in [0.3, 0.4) is 0 Å². The van der Waals surface area contributed by atoms with Gasteiger partial charge in [0.1, 0.15) is 13.2 Å². The first-order valence-corrected chi connectivity index (χ1v) is 27.7. The van der Waals surface area contributed by atoms with Crippen molar-refractivity contribution in [3.05, 3.63) is 97.2 Å². The molecule has 0 unspecified atom stereocenters. The zero-order valence-corrected chi connectivity index (χ0v) is 43.6. The molecule has 0 amide bonds. The van der Waals surface area contributed by atoms with Crippen molar-refractivity contribution in [1.82, 2.24) is 0 Å². The molecule has 0 aliphatic rings. The average Bonchev–Trinajstić information content (AvgIpc) is 3.33. The van der Waals surface area contributed by atoms with Crippen LogP contribution < -0.4 is 0 Å². The van der Waals surface area contributed by atoms with E-state index in [1.165, 1.54) is 89.9 Å². The Morgan fingerprint density at radius 3 is 0.955 bits per heavy atom. The minimum atomic E-state index is -0.804. The molecule has 0 rings (SSSR count). The van der Waals surface area contributed by atoms with Crippen molar-refractivity contribution >= 4 is 17.9 Å². The van der Waals surface area contributed by atoms with Gasteiger partial charge in [-0.05, 0) is 103 Å². The highest BCUT2D eigenvalue weighted by atomic mass is 16.6. The molecule has 67 heavy (non-hydrogen) atoms. The van der Waals surface area contributed by atoms with Crippen molar-refractivity contribution in [3.63, 3.8) is 0 Å². The molecule has 0 aromatic heterocycles. The van der Waals surface area contributed by atoms with Gasteiger partial charge in [-0.2, -0.15) is 0 Å². The number of carbonyl (C=O) groups excluding carboxylic acids is 3. The minimum absolute atomic E-state index is 0.0976. The van der Waals surface area contributed by atoms with Crippen molar-refractivity contribution in [2.24, 2.45) is 0 Å². The van der Waals surface area contributed by atoms with E-state index in [-0.39, 0.29) is 37.5 Å². The zero-order chi connectivity index (χ0) is 48.6. The van der Waals surface area contributed by atoms with E-state index in [9.17, 15) is 14.4 Å². The molecule has 6 heteroatoms. The third kappa shape index (κ3) is 53.2. The molecule has 0 N–H and O–H groups in total. The zero-order valence-electron chi connectivity index (χ0n) is 43.6. The summed E-state index contributed by atoms with van der Waals surface area (Å²) in [6.45, 7) is 6.45. The maximum absolute atomic E-state index is 12.8. The maximum Gasteiger partial charge on any atom is 0.306 e. The summed E-state index contributed by atoms with van der Waals surface area (Å²) in [4.78, 5) is 38.1. The normalized spacial score (nSPS) is 12.8. The van der Waals surface area contributed by atoms with Crippen LogP contribution >= 0.6 is 0 Å². The molecule has 0 fully saturated rings. The summed E-state index contributed by atoms with van der Waals surface area (Å²) in [5.41, 5.74) is 0. The second-order valence-corrected chi connectivity index (χ2v) is 18.1. The lowest BCUT2D eigenvalue weighted by Crippen LogP contribution is -2.30. The van der Waals surface area contributed by atoms with E-state index in [1.54, 1.807) is 0 Å². The number of rotatable bonds is 49. The molecule has 0 bridgehead atoms. The number of ether oxygens (including phenoxy) is 3. The van der Waals surface area contributed by atoms with Crippen LogP contribution in [0.2, 0.25) is 0 Å². The lowest BCUT2D eigenvalue weighted by molar-refractivity contribution is -0.167. The number of carbonyl (C=O) groups is 3. The van der Waals surface area contributed by atoms with Crippen molar-refractivity contribution < 1.29 is 28.6 Å². The van der Waals surface area contributed by atoms with E-state index in [4.69, 9.17) is 14.2 Å². The summed E-state index contributed by atoms with van der Waals surface area (Å²) < 4.78 is 16.8. The second-order valence-electron chi connectivity index (χ2n) is 18.1. The highest BCUT2D eigenvalue weighted by Crippen LogP contribution is 2.14. The molecule has 0 radical (unpaired) electrons. The number of unbranched alkanes of at least 4 members (excludes halogenated alkanes) is 22. The number of hydrogen-bond donors (Lipinski definition) is 0. The summed E-state index contributed by atoms with van der Waals surface area (Å²) in [7, 11) is 0. The Labute approximate surface area is 413 Å². The van der Waals surface area contributed by atoms with E-state index in [2.05, 4.69) is 118 Å². The van der Waals surface area contributed by atoms with Gasteiger partial charge in [-0.1, -0.05) is 227 Å². The number of hydrogen-bond acceptors (Lipinski definition) is 6. The highest BCUT2D eigenvalue weighted by Gasteiger charge is 2.19. The van der Waals surface area contributed by atoms with Crippen LogP contribution in [0.5, 0.6) is 0 Å². The van der Waals surface area contributed by atoms with Crippen LogP contribution in [0.1, 0.15) is 252 Å². The second kappa shape index (κ2) is 54.9. The molecule has 0 aromatic carbocycles. The largest absolute Gasteiger partial charge is 0.462 e. The standard InChI is InChI=1S/C61H102O6/c1-4-7-10-13-16-19-22-25-27-29-30-32-34-37-40-43-46-49-52-55-61(64)67-58(56-65-59(62)53-50-47-44-41-38-35-24-21-18-15-12-9-6-3)57-66-60(63)54-51-48-45-42-39-36-33-31-28-26-23-20-17-14-11-8-5-2/h8,11,16-17,19-20,25-28,30,32-33,36-37,40,58H,4-7,9-10,12-15,18,21-24,29,31,34-35,38-39,41-57H2,1-3H3/b11-8-,19-16-,20-17-,27-25-,28-26-,32-30-,36-33-,40-37-/t58-/m0/s1. The Morgan fingerprint density at radius 1 is 0.313 bits per heavy atom. The quantitative estimate of drug-likeness (QED) is 0.0262. The fraction of sp³-hybridized carbons (Fsp3) is 0.689. The first-order chi connectivity index (χ1) is 33.0. The Morgan fingerprint density at radius 2 is 0.582 bits per heavy atom. The van der Waals surface area contributed by atoms with Crippen LogP contribution in [0.4, 0.5) is 0 Å². The maximum atomic E-state index is 12.8. The summed E-state index contributed by atoms with van der Waals surface area (Å²) in [5.74, 6) is -0.952. The van der Waals surface area contributed by atoms with Gasteiger partial charge in [0.05, 0.1) is 0 Å². The van der Waals surface area contributed by atoms with Gasteiger partial charge in [0.15, 0.2) is 6.10 Å². The van der Waals surface area contributed by atoms with Crippen LogP contribution in [0, 0.1) is 0 Å². The first-order valence-electron chi connectivity index (χ1n) is 27.7. The molecule has 382 valence electrons. The van der Waals surface area contributed by atoms with Gasteiger partial charge in [0.2, 0.25) is 0 Å². The average molecular weight is 931 g/mol. The molecule has 0 aliphatic heterocycles. The van der Waals surface area contributed by atoms with E-state index in [1.807, 2.05) is 0 Å². The van der Waals surface area contributed by atoms with Gasteiger partial charge >= 0.3 is 17.9 Å². The summed E-state index contributed by atoms with van der Waals surface area (Å²) in [5, 5.41) is 0. The fourth-order valence-corrected chi connectivity index (χ4v) is 7.42. The number of allylic oxidation sites excluding steroid dienone is 16. The Hall–Kier alpha value is -3.67. The minimum Gasteiger partial charge on any atom is -0.462 e. The molecule has 0 spiro atoms. The van der Waals surface area contributed by atoms with Gasteiger partial charge < -0.3 is 14.2 Å². The molecule has 0 saturated heterocycles. The Bertz CT molecular complexity index is 1350. The Kier molecular flexibility index (Phi) is 51.9. The smallest absolute Gasteiger partial charge is 0.306 e. The third-order valence-electron chi connectivity index (χ3n) is 11.6. The lowest BCUT2D eigenvalue weighted by Gasteiger charge is -2.18. The van der Waals surface area contributed by atoms with Gasteiger partial charge in [-0.15, -0.1) is 0 Å². The van der Waals surface area contributed by atoms with Crippen molar-refractivity contribution in [3.8, 4) is 0 Å². The molecule has 0 saturated carbocycles. The van der Waals surface area contributed by atoms with Crippen molar-refractivity contribution in [2.75, 3.05) is 13.2 Å². The fourth-order valence-electron chi connectivity index (χ4n) is 7.42. The summed E-state index contributed by atoms with van der Waals surface area (Å²) in [6, 6.07) is 0. The van der Waals surface area contributed by atoms with Crippen LogP contribution in [0.15, 0.2) is 97.2 Å². The summed E-state index contributed by atoms with van der Waals surface area (Å²) >= 11 is 0. The number of esters is 3. The van der Waals surface area contributed by atoms with Crippen LogP contribution in [-0.4, -0.2) is 37.2 Å². The molecule has 0 aromatic rings. The SMILES string of the molecule is CC/C=C\C/C=C\C/C=C\C/C=C\CCCCCCC(=O)OC[C@H](COC(=O)CCCCCCCCCCCCCCC)OC(=O)CCCCC/C=C\C/C=C\C/C=C\C/C=C\CCCCC. The molecule has 0 aliphatic carbocycles. The summed E-state index contributed by atoms with van der Waals surface area (Å²) in [6.07, 6.45) is 72.4. The van der Waals surface area contributed by atoms with E-state index in [0.29, 0.717) is 12.8 Å². The molecular weight excluding hydrogens is 829 g/mol. The first kappa shape index (κ1) is 63.3. The van der Waals surface area contributed by atoms with Crippen LogP contribution in [-0.2, 0) is 28.6 Å². The highest BCUT2D eigenvalue weighted by molar-refractivity contribution is 5.71. The molecule has 0 heterocycles. The van der Waals surface area contributed by atoms with E-state index >= 15 is 0 Å². The molecule has 1 atom stereocenters. The predicted molar refractivity (Wildman–Crippen MR) is 288 cm³/mol. The van der Waals surface area contributed by atoms with Gasteiger partial charge in [-0.25, -0.2) is 0 Å². The van der Waals surface area contributed by atoms with Gasteiger partial charge in [-0.3, -0.25) is 14.4 Å². The monoisotopic (exact) mass is 931 g/mol. The van der Waals surface area contributed by atoms with E-state index < -0.39 is 6.10 Å². The lowest BCUT2D eigenvalue weighted by atomic mass is 10.0. The van der Waals surface area contributed by atoms with Crippen molar-refractivity contribution in [1.29, 1.82) is 0 Å². The molecule has 6 nitrogen and oxygen atoms in total. The van der Waals surface area contributed by atoms with E-state index in [0.717, 1.165) is 122 Å². The predicted octanol–water partition coefficient (Wildman–Crippen LogP) is 18.5.